The molecule has 0 atom stereocenters. The number of amides is 2. The SMILES string of the molecule is COC(=O)CCC(=O)NC(=S)Nc1ccc(C(=O)N2CCCCC2)cc1. The molecule has 0 unspecified atom stereocenters. The van der Waals surface area contributed by atoms with Crippen molar-refractivity contribution in [3.63, 3.8) is 0 Å². The number of hydrogen-bond acceptors (Lipinski definition) is 5. The lowest BCUT2D eigenvalue weighted by Gasteiger charge is -2.26. The van der Waals surface area contributed by atoms with E-state index in [0.717, 1.165) is 25.9 Å². The number of benzene rings is 1. The summed E-state index contributed by atoms with van der Waals surface area (Å²) in [6, 6.07) is 6.95. The molecular formula is C18H23N3O4S. The molecule has 26 heavy (non-hydrogen) atoms. The minimum absolute atomic E-state index is 0.00173. The third kappa shape index (κ3) is 6.11. The second-order valence-corrected chi connectivity index (χ2v) is 6.42. The molecule has 0 spiro atoms. The lowest BCUT2D eigenvalue weighted by molar-refractivity contribution is -0.142. The highest BCUT2D eigenvalue weighted by Crippen LogP contribution is 2.15. The van der Waals surface area contributed by atoms with Crippen LogP contribution in [0.25, 0.3) is 0 Å². The highest BCUT2D eigenvalue weighted by molar-refractivity contribution is 7.80. The van der Waals surface area contributed by atoms with Crippen LogP contribution in [0.1, 0.15) is 42.5 Å². The summed E-state index contributed by atoms with van der Waals surface area (Å²) in [5, 5.41) is 5.51. The van der Waals surface area contributed by atoms with Gasteiger partial charge >= 0.3 is 5.97 Å². The molecule has 0 aliphatic carbocycles. The van der Waals surface area contributed by atoms with E-state index in [1.54, 1.807) is 24.3 Å². The second-order valence-electron chi connectivity index (χ2n) is 6.01. The molecule has 1 aliphatic heterocycles. The number of likely N-dealkylation sites (tertiary alicyclic amines) is 1. The highest BCUT2D eigenvalue weighted by Gasteiger charge is 2.18. The molecule has 1 aromatic rings. The molecule has 2 rings (SSSR count). The molecular weight excluding hydrogens is 354 g/mol. The zero-order valence-electron chi connectivity index (χ0n) is 14.7. The number of carbonyl (C=O) groups excluding carboxylic acids is 3. The maximum absolute atomic E-state index is 12.4. The maximum atomic E-state index is 12.4. The van der Waals surface area contributed by atoms with Gasteiger partial charge in [0, 0.05) is 30.8 Å². The van der Waals surface area contributed by atoms with E-state index in [2.05, 4.69) is 15.4 Å². The van der Waals surface area contributed by atoms with Gasteiger partial charge in [-0.25, -0.2) is 0 Å². The summed E-state index contributed by atoms with van der Waals surface area (Å²) in [4.78, 5) is 37.0. The largest absolute Gasteiger partial charge is 0.469 e. The van der Waals surface area contributed by atoms with Crippen molar-refractivity contribution in [2.24, 2.45) is 0 Å². The number of thiocarbonyl (C=S) groups is 1. The number of nitrogens with zero attached hydrogens (tertiary/aromatic N) is 1. The first-order valence-corrected chi connectivity index (χ1v) is 8.97. The fourth-order valence-corrected chi connectivity index (χ4v) is 2.88. The molecule has 0 radical (unpaired) electrons. The Balaban J connectivity index is 1.82. The monoisotopic (exact) mass is 377 g/mol. The molecule has 1 saturated heterocycles. The molecule has 0 bridgehead atoms. The van der Waals surface area contributed by atoms with Crippen molar-refractivity contribution in [1.82, 2.24) is 10.2 Å². The van der Waals surface area contributed by atoms with Crippen LogP contribution >= 0.6 is 12.2 Å². The smallest absolute Gasteiger partial charge is 0.306 e. The number of esters is 1. The minimum atomic E-state index is -0.451. The van der Waals surface area contributed by atoms with Crippen molar-refractivity contribution in [3.8, 4) is 0 Å². The number of hydrogen-bond donors (Lipinski definition) is 2. The summed E-state index contributed by atoms with van der Waals surface area (Å²) in [6.45, 7) is 1.61. The maximum Gasteiger partial charge on any atom is 0.306 e. The molecule has 8 heteroatoms. The zero-order valence-corrected chi connectivity index (χ0v) is 15.6. The van der Waals surface area contributed by atoms with Gasteiger partial charge in [-0.3, -0.25) is 14.4 Å². The first-order valence-electron chi connectivity index (χ1n) is 8.56. The van der Waals surface area contributed by atoms with Crippen LogP contribution in [0.5, 0.6) is 0 Å². The minimum Gasteiger partial charge on any atom is -0.469 e. The second kappa shape index (κ2) is 9.86. The van der Waals surface area contributed by atoms with Crippen LogP contribution in [-0.4, -0.2) is 48.0 Å². The van der Waals surface area contributed by atoms with E-state index in [4.69, 9.17) is 12.2 Å². The van der Waals surface area contributed by atoms with E-state index >= 15 is 0 Å². The van der Waals surface area contributed by atoms with Gasteiger partial charge < -0.3 is 20.3 Å². The van der Waals surface area contributed by atoms with Crippen LogP contribution in [0.3, 0.4) is 0 Å². The molecule has 7 nitrogen and oxygen atoms in total. The van der Waals surface area contributed by atoms with E-state index in [-0.39, 0.29) is 29.8 Å². The molecule has 0 saturated carbocycles. The van der Waals surface area contributed by atoms with E-state index in [1.807, 2.05) is 4.90 Å². The predicted molar refractivity (Wildman–Crippen MR) is 102 cm³/mol. The van der Waals surface area contributed by atoms with Crippen LogP contribution in [0.15, 0.2) is 24.3 Å². The van der Waals surface area contributed by atoms with Crippen LogP contribution in [-0.2, 0) is 14.3 Å². The standard InChI is InChI=1S/C18H23N3O4S/c1-25-16(23)10-9-15(22)20-18(26)19-14-7-5-13(6-8-14)17(24)21-11-3-2-4-12-21/h5-8H,2-4,9-12H2,1H3,(H2,19,20,22,26). The third-order valence-corrected chi connectivity index (χ3v) is 4.27. The van der Waals surface area contributed by atoms with Crippen molar-refractivity contribution >= 4 is 40.8 Å². The lowest BCUT2D eigenvalue weighted by Crippen LogP contribution is -2.35. The van der Waals surface area contributed by atoms with Gasteiger partial charge in [-0.15, -0.1) is 0 Å². The van der Waals surface area contributed by atoms with Gasteiger partial charge in [0.05, 0.1) is 13.5 Å². The molecule has 1 aromatic carbocycles. The van der Waals surface area contributed by atoms with Crippen molar-refractivity contribution in [2.45, 2.75) is 32.1 Å². The quantitative estimate of drug-likeness (QED) is 0.603. The third-order valence-electron chi connectivity index (χ3n) is 4.07. The Labute approximate surface area is 158 Å². The van der Waals surface area contributed by atoms with E-state index < -0.39 is 5.97 Å². The molecule has 0 aromatic heterocycles. The van der Waals surface area contributed by atoms with Crippen LogP contribution in [0.2, 0.25) is 0 Å². The van der Waals surface area contributed by atoms with Gasteiger partial charge in [0.25, 0.3) is 5.91 Å². The number of rotatable bonds is 5. The number of ether oxygens (including phenoxy) is 1. The molecule has 2 amide bonds. The Morgan fingerprint density at radius 2 is 1.73 bits per heavy atom. The van der Waals surface area contributed by atoms with Gasteiger partial charge in [0.1, 0.15) is 0 Å². The van der Waals surface area contributed by atoms with Gasteiger partial charge in [0.2, 0.25) is 5.91 Å². The Morgan fingerprint density at radius 3 is 2.35 bits per heavy atom. The predicted octanol–water partition coefficient (Wildman–Crippen LogP) is 2.08. The number of carbonyl (C=O) groups is 3. The summed E-state index contributed by atoms with van der Waals surface area (Å²) in [7, 11) is 1.27. The topological polar surface area (TPSA) is 87.7 Å². The molecule has 1 aliphatic rings. The lowest BCUT2D eigenvalue weighted by atomic mass is 10.1. The van der Waals surface area contributed by atoms with E-state index in [9.17, 15) is 14.4 Å². The Kier molecular flexibility index (Phi) is 7.53. The molecule has 2 N–H and O–H groups in total. The molecule has 140 valence electrons. The van der Waals surface area contributed by atoms with Gasteiger partial charge in [-0.1, -0.05) is 0 Å². The summed E-state index contributed by atoms with van der Waals surface area (Å²) in [6.07, 6.45) is 3.27. The summed E-state index contributed by atoms with van der Waals surface area (Å²) >= 11 is 5.07. The average molecular weight is 377 g/mol. The number of methoxy groups -OCH3 is 1. The number of nitrogens with one attached hydrogen (secondary N) is 2. The summed E-state index contributed by atoms with van der Waals surface area (Å²) in [5.41, 5.74) is 1.30. The fourth-order valence-electron chi connectivity index (χ4n) is 2.64. The van der Waals surface area contributed by atoms with Crippen LogP contribution in [0.4, 0.5) is 5.69 Å². The van der Waals surface area contributed by atoms with Crippen molar-refractivity contribution in [3.05, 3.63) is 29.8 Å². The Bertz CT molecular complexity index is 670. The number of anilines is 1. The van der Waals surface area contributed by atoms with E-state index in [0.29, 0.717) is 11.3 Å². The first kappa shape index (κ1) is 19.8. The molecule has 1 fully saturated rings. The van der Waals surface area contributed by atoms with Crippen LogP contribution < -0.4 is 10.6 Å². The van der Waals surface area contributed by atoms with Gasteiger partial charge in [0.15, 0.2) is 5.11 Å². The molecule has 1 heterocycles. The zero-order chi connectivity index (χ0) is 18.9. The van der Waals surface area contributed by atoms with Crippen molar-refractivity contribution in [2.75, 3.05) is 25.5 Å². The first-order chi connectivity index (χ1) is 12.5. The fraction of sp³-hybridized carbons (Fsp3) is 0.444. The summed E-state index contributed by atoms with van der Waals surface area (Å²) in [5.74, 6) is -0.785. The van der Waals surface area contributed by atoms with Gasteiger partial charge in [-0.05, 0) is 55.7 Å². The van der Waals surface area contributed by atoms with E-state index in [1.165, 1.54) is 13.5 Å². The summed E-state index contributed by atoms with van der Waals surface area (Å²) < 4.78 is 4.48. The van der Waals surface area contributed by atoms with Crippen LogP contribution in [0, 0.1) is 0 Å². The van der Waals surface area contributed by atoms with Gasteiger partial charge in [-0.2, -0.15) is 0 Å². The Hall–Kier alpha value is -2.48. The van der Waals surface area contributed by atoms with Crippen molar-refractivity contribution in [1.29, 1.82) is 0 Å². The highest BCUT2D eigenvalue weighted by atomic mass is 32.1. The number of piperidine rings is 1. The van der Waals surface area contributed by atoms with Crippen molar-refractivity contribution < 1.29 is 19.1 Å². The normalized spacial score (nSPS) is 13.7. The average Bonchev–Trinajstić information content (AvgIpc) is 2.66. The Morgan fingerprint density at radius 1 is 1.08 bits per heavy atom.